The molecule has 1 saturated carbocycles. The van der Waals surface area contributed by atoms with Crippen molar-refractivity contribution in [2.75, 3.05) is 5.32 Å². The van der Waals surface area contributed by atoms with Crippen LogP contribution >= 0.6 is 11.3 Å². The van der Waals surface area contributed by atoms with Crippen molar-refractivity contribution in [3.63, 3.8) is 0 Å². The van der Waals surface area contributed by atoms with Gasteiger partial charge < -0.3 is 14.4 Å². The first-order chi connectivity index (χ1) is 15.4. The van der Waals surface area contributed by atoms with Crippen LogP contribution in [-0.2, 0) is 11.3 Å². The van der Waals surface area contributed by atoms with Gasteiger partial charge in [-0.25, -0.2) is 14.8 Å². The van der Waals surface area contributed by atoms with E-state index in [0.29, 0.717) is 34.7 Å². The molecule has 2 aromatic rings. The molecule has 1 fully saturated rings. The molecule has 0 unspecified atom stereocenters. The fourth-order valence-corrected chi connectivity index (χ4v) is 4.90. The molecule has 33 heavy (non-hydrogen) atoms. The van der Waals surface area contributed by atoms with Crippen molar-refractivity contribution >= 4 is 28.5 Å². The van der Waals surface area contributed by atoms with E-state index >= 15 is 0 Å². The first-order valence-electron chi connectivity index (χ1n) is 11.4. The number of aromatic nitrogens is 2. The van der Waals surface area contributed by atoms with Gasteiger partial charge in [0.2, 0.25) is 5.88 Å². The first kappa shape index (κ1) is 23.5. The largest absolute Gasteiger partial charge is 0.474 e. The number of ether oxygens (including phenoxy) is 2. The van der Waals surface area contributed by atoms with E-state index in [1.807, 2.05) is 52.5 Å². The van der Waals surface area contributed by atoms with Crippen LogP contribution in [0.15, 0.2) is 6.07 Å². The third-order valence-corrected chi connectivity index (χ3v) is 6.76. The molecule has 178 valence electrons. The molecule has 4 rings (SSSR count). The van der Waals surface area contributed by atoms with Gasteiger partial charge in [-0.2, -0.15) is 0 Å². The molecule has 2 aromatic heterocycles. The van der Waals surface area contributed by atoms with E-state index in [2.05, 4.69) is 17.2 Å². The quantitative estimate of drug-likeness (QED) is 0.605. The molecule has 0 saturated heterocycles. The average molecular weight is 473 g/mol. The fraction of sp³-hybridized carbons (Fsp3) is 0.583. The van der Waals surface area contributed by atoms with E-state index in [1.165, 1.54) is 24.2 Å². The number of amides is 2. The Labute approximate surface area is 198 Å². The second-order valence-electron chi connectivity index (χ2n) is 10.1. The number of carbonyl (C=O) groups excluding carboxylic acids is 2. The standard InChI is InChI=1S/C24H32N4O4S/c1-12(2)31-20-18-16(11-28(21(18)29)14(4)15-8-9-15)10-17(26-20)19-13(3)25-22(33-19)27-23(30)32-24(5,6)7/h10,12,14-15H,8-9,11H2,1-7H3,(H,25,27,30)/t14-/m0/s1. The SMILES string of the molecule is Cc1nc(NC(=O)OC(C)(C)C)sc1-c1cc2c(c(OC(C)C)n1)C(=O)N([C@@H](C)C1CC1)C2. The molecule has 9 heteroatoms. The number of nitrogens with zero attached hydrogens (tertiary/aromatic N) is 3. The highest BCUT2D eigenvalue weighted by molar-refractivity contribution is 7.19. The molecular weight excluding hydrogens is 440 g/mol. The van der Waals surface area contributed by atoms with Gasteiger partial charge in [-0.15, -0.1) is 0 Å². The van der Waals surface area contributed by atoms with Crippen LogP contribution in [0.5, 0.6) is 5.88 Å². The smallest absolute Gasteiger partial charge is 0.413 e. The van der Waals surface area contributed by atoms with Crippen molar-refractivity contribution in [3.8, 4) is 16.5 Å². The van der Waals surface area contributed by atoms with Gasteiger partial charge in [0.05, 0.1) is 22.4 Å². The molecule has 0 aromatic carbocycles. The number of pyridine rings is 1. The van der Waals surface area contributed by atoms with E-state index in [1.54, 1.807) is 0 Å². The van der Waals surface area contributed by atoms with Gasteiger partial charge in [-0.1, -0.05) is 11.3 Å². The van der Waals surface area contributed by atoms with Crippen LogP contribution < -0.4 is 10.1 Å². The maximum absolute atomic E-state index is 13.3. The fourth-order valence-electron chi connectivity index (χ4n) is 3.99. The second-order valence-corrected chi connectivity index (χ2v) is 11.1. The maximum Gasteiger partial charge on any atom is 0.413 e. The Morgan fingerprint density at radius 2 is 1.94 bits per heavy atom. The predicted molar refractivity (Wildman–Crippen MR) is 128 cm³/mol. The van der Waals surface area contributed by atoms with Gasteiger partial charge in [0.25, 0.3) is 5.91 Å². The van der Waals surface area contributed by atoms with Crippen LogP contribution in [0.4, 0.5) is 9.93 Å². The lowest BCUT2D eigenvalue weighted by molar-refractivity contribution is 0.0634. The summed E-state index contributed by atoms with van der Waals surface area (Å²) < 4.78 is 11.3. The van der Waals surface area contributed by atoms with Crippen molar-refractivity contribution in [1.82, 2.24) is 14.9 Å². The predicted octanol–water partition coefficient (Wildman–Crippen LogP) is 5.40. The maximum atomic E-state index is 13.3. The Morgan fingerprint density at radius 3 is 2.55 bits per heavy atom. The van der Waals surface area contributed by atoms with Gasteiger partial charge in [0.15, 0.2) is 5.13 Å². The highest BCUT2D eigenvalue weighted by Crippen LogP contribution is 2.42. The summed E-state index contributed by atoms with van der Waals surface area (Å²) in [4.78, 5) is 37.4. The molecule has 1 aliphatic heterocycles. The van der Waals surface area contributed by atoms with Crippen molar-refractivity contribution in [2.24, 2.45) is 5.92 Å². The summed E-state index contributed by atoms with van der Waals surface area (Å²) >= 11 is 1.32. The minimum atomic E-state index is -0.597. The molecule has 2 amide bonds. The van der Waals surface area contributed by atoms with Crippen molar-refractivity contribution in [3.05, 3.63) is 22.9 Å². The zero-order chi connectivity index (χ0) is 24.1. The number of nitrogens with one attached hydrogen (secondary N) is 1. The number of fused-ring (bicyclic) bond motifs is 1. The minimum absolute atomic E-state index is 0.00703. The third kappa shape index (κ3) is 5.13. The van der Waals surface area contributed by atoms with E-state index in [9.17, 15) is 9.59 Å². The number of thiazole rings is 1. The molecular formula is C24H32N4O4S. The summed E-state index contributed by atoms with van der Waals surface area (Å²) in [5.41, 5.74) is 2.31. The molecule has 0 radical (unpaired) electrons. The normalized spacial score (nSPS) is 16.7. The molecule has 8 nitrogen and oxygen atoms in total. The molecule has 1 atom stereocenters. The molecule has 0 bridgehead atoms. The van der Waals surface area contributed by atoms with E-state index in [-0.39, 0.29) is 18.1 Å². The summed E-state index contributed by atoms with van der Waals surface area (Å²) in [5.74, 6) is 0.935. The van der Waals surface area contributed by atoms with Crippen LogP contribution in [0.2, 0.25) is 0 Å². The zero-order valence-electron chi connectivity index (χ0n) is 20.3. The number of anilines is 1. The van der Waals surface area contributed by atoms with Crippen LogP contribution in [0.3, 0.4) is 0 Å². The van der Waals surface area contributed by atoms with Crippen molar-refractivity contribution in [2.45, 2.75) is 85.6 Å². The molecule has 3 heterocycles. The Morgan fingerprint density at radius 1 is 1.24 bits per heavy atom. The number of carbonyl (C=O) groups is 2. The number of hydrogen-bond donors (Lipinski definition) is 1. The topological polar surface area (TPSA) is 93.6 Å². The third-order valence-electron chi connectivity index (χ3n) is 5.66. The molecule has 1 aliphatic carbocycles. The highest BCUT2D eigenvalue weighted by Gasteiger charge is 2.41. The van der Waals surface area contributed by atoms with Crippen molar-refractivity contribution < 1.29 is 19.1 Å². The lowest BCUT2D eigenvalue weighted by Gasteiger charge is -2.24. The first-order valence-corrected chi connectivity index (χ1v) is 12.2. The zero-order valence-corrected chi connectivity index (χ0v) is 21.1. The number of rotatable bonds is 6. The number of hydrogen-bond acceptors (Lipinski definition) is 7. The Balaban J connectivity index is 1.66. The Kier molecular flexibility index (Phi) is 6.11. The van der Waals surface area contributed by atoms with Gasteiger partial charge in [0.1, 0.15) is 11.2 Å². The lowest BCUT2D eigenvalue weighted by Crippen LogP contribution is -2.34. The summed E-state index contributed by atoms with van der Waals surface area (Å²) in [7, 11) is 0. The van der Waals surface area contributed by atoms with E-state index in [4.69, 9.17) is 14.5 Å². The van der Waals surface area contributed by atoms with Crippen LogP contribution in [0.1, 0.15) is 76.0 Å². The van der Waals surface area contributed by atoms with Crippen molar-refractivity contribution in [1.29, 1.82) is 0 Å². The summed E-state index contributed by atoms with van der Waals surface area (Å²) in [6.07, 6.45) is 1.68. The summed E-state index contributed by atoms with van der Waals surface area (Å²) in [5, 5.41) is 3.14. The van der Waals surface area contributed by atoms with Gasteiger partial charge in [0, 0.05) is 12.6 Å². The Bertz CT molecular complexity index is 1080. The molecule has 1 N–H and O–H groups in total. The lowest BCUT2D eigenvalue weighted by atomic mass is 10.1. The van der Waals surface area contributed by atoms with Gasteiger partial charge in [-0.05, 0) is 78.9 Å². The van der Waals surface area contributed by atoms with E-state index in [0.717, 1.165) is 16.1 Å². The summed E-state index contributed by atoms with van der Waals surface area (Å²) in [6, 6.07) is 2.16. The van der Waals surface area contributed by atoms with E-state index < -0.39 is 11.7 Å². The number of aryl methyl sites for hydroxylation is 1. The monoisotopic (exact) mass is 472 g/mol. The van der Waals surface area contributed by atoms with Gasteiger partial charge in [-0.3, -0.25) is 10.1 Å². The Hall–Kier alpha value is -2.68. The second kappa shape index (κ2) is 8.59. The minimum Gasteiger partial charge on any atom is -0.474 e. The highest BCUT2D eigenvalue weighted by atomic mass is 32.1. The van der Waals surface area contributed by atoms with Crippen LogP contribution in [0, 0.1) is 12.8 Å². The molecule has 2 aliphatic rings. The average Bonchev–Trinajstić information content (AvgIpc) is 3.39. The molecule has 0 spiro atoms. The summed E-state index contributed by atoms with van der Waals surface area (Å²) in [6.45, 7) is 13.8. The van der Waals surface area contributed by atoms with Crippen LogP contribution in [0.25, 0.3) is 10.6 Å². The van der Waals surface area contributed by atoms with Gasteiger partial charge >= 0.3 is 6.09 Å². The van der Waals surface area contributed by atoms with Crippen LogP contribution in [-0.4, -0.2) is 44.6 Å².